The number of piperazine rings is 2. The Bertz CT molecular complexity index is 3360. The van der Waals surface area contributed by atoms with Gasteiger partial charge in [-0.25, -0.2) is 9.97 Å². The van der Waals surface area contributed by atoms with Crippen LogP contribution in [0.3, 0.4) is 0 Å². The molecule has 2 unspecified atom stereocenters. The van der Waals surface area contributed by atoms with Gasteiger partial charge in [0.25, 0.3) is 11.8 Å². The highest BCUT2D eigenvalue weighted by Gasteiger charge is 2.28. The van der Waals surface area contributed by atoms with E-state index >= 15 is 0 Å². The predicted octanol–water partition coefficient (Wildman–Crippen LogP) is 6.25. The van der Waals surface area contributed by atoms with Crippen LogP contribution >= 0.6 is 0 Å². The lowest BCUT2D eigenvalue weighted by Gasteiger charge is -2.38. The highest BCUT2D eigenvalue weighted by Crippen LogP contribution is 2.32. The maximum absolute atomic E-state index is 14.1. The molecule has 4 atom stereocenters. The van der Waals surface area contributed by atoms with Crippen LogP contribution < -0.4 is 31.1 Å². The lowest BCUT2D eigenvalue weighted by molar-refractivity contribution is 0.102. The van der Waals surface area contributed by atoms with Gasteiger partial charge in [-0.2, -0.15) is 14.5 Å². The Kier molecular flexibility index (Phi) is 10.7. The molecule has 0 radical (unpaired) electrons. The van der Waals surface area contributed by atoms with Gasteiger partial charge in [-0.05, 0) is 77.9 Å². The van der Waals surface area contributed by atoms with Crippen molar-refractivity contribution in [2.24, 2.45) is 0 Å². The van der Waals surface area contributed by atoms with Crippen LogP contribution in [0.15, 0.2) is 79.8 Å². The molecule has 0 saturated carbocycles. The summed E-state index contributed by atoms with van der Waals surface area (Å²) in [4.78, 5) is 65.4. The molecule has 2 aromatic carbocycles. The minimum atomic E-state index is -0.415. The third-order valence-electron chi connectivity index (χ3n) is 11.9. The molecule has 0 spiro atoms. The molecule has 6 aromatic heterocycles. The average Bonchev–Trinajstić information content (AvgIpc) is 3.83. The van der Waals surface area contributed by atoms with Gasteiger partial charge in [-0.3, -0.25) is 29.5 Å². The smallest absolute Gasteiger partial charge is 0.367 e. The summed E-state index contributed by atoms with van der Waals surface area (Å²) in [6.07, 6.45) is 11.8. The minimum Gasteiger partial charge on any atom is -0.367 e. The minimum absolute atomic E-state index is 0.234. The van der Waals surface area contributed by atoms with Crippen molar-refractivity contribution in [1.82, 2.24) is 49.3 Å². The molecule has 2 saturated heterocycles. The normalized spacial score (nSPS) is 18.6. The third-order valence-corrected chi connectivity index (χ3v) is 11.9. The summed E-state index contributed by atoms with van der Waals surface area (Å²) in [6, 6.07) is 17.3. The van der Waals surface area contributed by atoms with E-state index < -0.39 is 5.91 Å². The van der Waals surface area contributed by atoms with E-state index in [4.69, 9.17) is 9.83 Å². The fraction of sp³-hybridized carbons (Fsp3) is 0.292. The van der Waals surface area contributed by atoms with E-state index in [0.717, 1.165) is 43.2 Å². The van der Waals surface area contributed by atoms with E-state index in [1.54, 1.807) is 72.8 Å². The van der Waals surface area contributed by atoms with Crippen molar-refractivity contribution in [2.45, 2.75) is 65.7 Å². The SMILES string of the molecule is Cc1cn2cc(NC(=O)c3ccc(N4CC(C)NC(C)C4)c4nccnc34)cc(C#[N+]c3c(C)nc4c(C#N)cc(NC(=O)c5ccc(N6C[C@@H](C)N[C@@H](C)C6)c6nccnc56)cn34)c2n1. The van der Waals surface area contributed by atoms with Crippen LogP contribution in [-0.2, 0) is 0 Å². The van der Waals surface area contributed by atoms with Crippen molar-refractivity contribution >= 4 is 73.7 Å². The zero-order chi connectivity index (χ0) is 45.8. The largest absolute Gasteiger partial charge is 0.413 e. The molecule has 2 aliphatic rings. The molecule has 18 nitrogen and oxygen atoms in total. The molecule has 2 fully saturated rings. The van der Waals surface area contributed by atoms with Crippen LogP contribution in [-0.4, -0.2) is 101 Å². The van der Waals surface area contributed by atoms with Gasteiger partial charge in [0.15, 0.2) is 17.4 Å². The number of hydrogen-bond donors (Lipinski definition) is 4. The Balaban J connectivity index is 0.961. The van der Waals surface area contributed by atoms with Gasteiger partial charge in [-0.1, -0.05) is 0 Å². The van der Waals surface area contributed by atoms with Crippen molar-refractivity contribution in [3.63, 3.8) is 0 Å². The van der Waals surface area contributed by atoms with Crippen molar-refractivity contribution < 1.29 is 9.59 Å². The highest BCUT2D eigenvalue weighted by atomic mass is 16.2. The first-order chi connectivity index (χ1) is 31.9. The Morgan fingerprint density at radius 1 is 0.667 bits per heavy atom. The first-order valence-corrected chi connectivity index (χ1v) is 21.9. The number of aromatic nitrogens is 8. The number of pyridine rings is 2. The summed E-state index contributed by atoms with van der Waals surface area (Å²) in [5, 5.41) is 23.4. The Morgan fingerprint density at radius 3 is 1.70 bits per heavy atom. The lowest BCUT2D eigenvalue weighted by atomic mass is 10.1. The average molecular weight is 880 g/mol. The fourth-order valence-corrected chi connectivity index (χ4v) is 9.42. The van der Waals surface area contributed by atoms with E-state index in [2.05, 4.69) is 95.8 Å². The highest BCUT2D eigenvalue weighted by molar-refractivity contribution is 6.14. The summed E-state index contributed by atoms with van der Waals surface area (Å²) in [5.74, 6) is -0.391. The number of carbonyl (C=O) groups excluding carboxylic acids is 2. The number of nitrogens with zero attached hydrogens (tertiary/aromatic N) is 12. The molecule has 8 heterocycles. The maximum Gasteiger partial charge on any atom is 0.413 e. The van der Waals surface area contributed by atoms with Crippen molar-refractivity contribution in [1.29, 1.82) is 5.26 Å². The molecule has 66 heavy (non-hydrogen) atoms. The van der Waals surface area contributed by atoms with E-state index in [1.807, 2.05) is 29.7 Å². The Morgan fingerprint density at radius 2 is 1.17 bits per heavy atom. The monoisotopic (exact) mass is 879 g/mol. The summed E-state index contributed by atoms with van der Waals surface area (Å²) >= 11 is 0. The van der Waals surface area contributed by atoms with Gasteiger partial charge in [0, 0.05) is 87.5 Å². The molecule has 0 aliphatic carbocycles. The number of aryl methyl sites for hydroxylation is 2. The van der Waals surface area contributed by atoms with Crippen LogP contribution in [0.4, 0.5) is 28.6 Å². The van der Waals surface area contributed by atoms with E-state index in [9.17, 15) is 14.9 Å². The first-order valence-electron chi connectivity index (χ1n) is 21.9. The second-order valence-electron chi connectivity index (χ2n) is 17.4. The van der Waals surface area contributed by atoms with E-state index in [1.165, 1.54) is 0 Å². The summed E-state index contributed by atoms with van der Waals surface area (Å²) < 4.78 is 3.46. The van der Waals surface area contributed by atoms with Crippen molar-refractivity contribution in [3.8, 4) is 12.1 Å². The molecule has 0 bridgehead atoms. The predicted molar refractivity (Wildman–Crippen MR) is 254 cm³/mol. The number of fused-ring (bicyclic) bond motifs is 4. The lowest BCUT2D eigenvalue weighted by Crippen LogP contribution is -2.54. The topological polar surface area (TPSA) is 203 Å². The zero-order valence-electron chi connectivity index (χ0n) is 37.3. The summed E-state index contributed by atoms with van der Waals surface area (Å²) in [7, 11) is 0. The van der Waals surface area contributed by atoms with Gasteiger partial charge in [0.05, 0.1) is 39.6 Å². The number of amides is 2. The van der Waals surface area contributed by atoms with Crippen LogP contribution in [0, 0.1) is 31.2 Å². The van der Waals surface area contributed by atoms with E-state index in [-0.39, 0.29) is 23.6 Å². The number of imidazole rings is 2. The van der Waals surface area contributed by atoms with Gasteiger partial charge in [-0.15, -0.1) is 0 Å². The summed E-state index contributed by atoms with van der Waals surface area (Å²) in [6.45, 7) is 15.5. The number of hydrogen-bond acceptors (Lipinski definition) is 13. The van der Waals surface area contributed by atoms with Crippen molar-refractivity contribution in [2.75, 3.05) is 46.6 Å². The molecule has 18 heteroatoms. The number of carbonyl (C=O) groups is 2. The van der Waals surface area contributed by atoms with Gasteiger partial charge in [0.1, 0.15) is 45.5 Å². The number of rotatable bonds is 6. The molecule has 10 rings (SSSR count). The molecular formula is C48H47N16O2+. The number of nitriles is 1. The van der Waals surface area contributed by atoms with Gasteiger partial charge >= 0.3 is 5.82 Å². The van der Waals surface area contributed by atoms with Crippen LogP contribution in [0.25, 0.3) is 38.2 Å². The maximum atomic E-state index is 14.1. The van der Waals surface area contributed by atoms with Crippen LogP contribution in [0.1, 0.15) is 70.9 Å². The quantitative estimate of drug-likeness (QED) is 0.146. The zero-order valence-corrected chi connectivity index (χ0v) is 37.3. The first kappa shape index (κ1) is 41.9. The Labute approximate surface area is 379 Å². The molecule has 2 amide bonds. The fourth-order valence-electron chi connectivity index (χ4n) is 9.42. The number of anilines is 4. The third kappa shape index (κ3) is 7.82. The van der Waals surface area contributed by atoms with E-state index in [0.29, 0.717) is 85.0 Å². The van der Waals surface area contributed by atoms with Gasteiger partial charge < -0.3 is 35.5 Å². The molecule has 330 valence electrons. The summed E-state index contributed by atoms with van der Waals surface area (Å²) in [5.41, 5.74) is 8.59. The van der Waals surface area contributed by atoms with Crippen molar-refractivity contribution in [3.05, 3.63) is 118 Å². The molecule has 2 aliphatic heterocycles. The molecule has 8 aromatic rings. The molecule has 4 N–H and O–H groups in total. The van der Waals surface area contributed by atoms with Gasteiger partial charge in [0.2, 0.25) is 5.65 Å². The number of nitrogens with one attached hydrogen (secondary N) is 4. The standard InChI is InChI=1S/C48H46N16O2/c1-26-19-61(20-27(2)55-26)38-9-7-36(40-42(38)52-13-11-50-40)47(65)59-34-16-33(45-57-30(5)23-63(45)24-34)18-54-44-31(6)58-46-32(17-49)15-35(25-64(44)46)60-48(66)37-8-10-39(43-41(37)51-12-14-53-43)62-21-28(3)56-29(4)22-62/h7-16,23-29,55-56H,19-22H2,1-6H3,(H-,59,60,65,66)/p+1/t26?,27?,28-,29+. The Hall–Kier alpha value is -8.06. The van der Waals surface area contributed by atoms with Crippen LogP contribution in [0.2, 0.25) is 0 Å². The number of benzene rings is 2. The van der Waals surface area contributed by atoms with Crippen LogP contribution in [0.5, 0.6) is 0 Å². The second kappa shape index (κ2) is 16.8. The molecular weight excluding hydrogens is 833 g/mol. The second-order valence-corrected chi connectivity index (χ2v) is 17.4.